The summed E-state index contributed by atoms with van der Waals surface area (Å²) in [5.41, 5.74) is 3.71. The Balaban J connectivity index is 1.48. The lowest BCUT2D eigenvalue weighted by atomic mass is 10.1. The van der Waals surface area contributed by atoms with Gasteiger partial charge in [0.15, 0.2) is 0 Å². The van der Waals surface area contributed by atoms with Gasteiger partial charge in [0, 0.05) is 25.8 Å². The largest absolute Gasteiger partial charge is 0.351 e. The molecule has 0 saturated carbocycles. The first-order valence-corrected chi connectivity index (χ1v) is 10.1. The van der Waals surface area contributed by atoms with Crippen LogP contribution in [0.1, 0.15) is 12.6 Å². The van der Waals surface area contributed by atoms with Crippen molar-refractivity contribution in [1.82, 2.24) is 19.9 Å². The number of guanidine groups is 1. The number of benzene rings is 1. The van der Waals surface area contributed by atoms with E-state index in [1.165, 1.54) is 0 Å². The lowest BCUT2D eigenvalue weighted by molar-refractivity contribution is 0.288. The molecule has 8 heteroatoms. The van der Waals surface area contributed by atoms with Gasteiger partial charge in [-0.3, -0.25) is 9.97 Å². The summed E-state index contributed by atoms with van der Waals surface area (Å²) >= 11 is 0. The molecule has 2 saturated heterocycles. The number of aromatic nitrogens is 3. The summed E-state index contributed by atoms with van der Waals surface area (Å²) < 4.78 is 0. The van der Waals surface area contributed by atoms with Crippen LogP contribution in [0, 0.1) is 18.4 Å². The first-order valence-electron chi connectivity index (χ1n) is 10.1. The van der Waals surface area contributed by atoms with Crippen LogP contribution in [0.25, 0.3) is 11.0 Å². The molecule has 2 aliphatic heterocycles. The van der Waals surface area contributed by atoms with Crippen molar-refractivity contribution in [2.45, 2.75) is 25.9 Å². The SMILES string of the molecule is Cc1ncccc1N1C(=NC#N)N2CCN(c3cnc4ccccc4n3)CC2C1C. The Morgan fingerprint density at radius 2 is 1.93 bits per heavy atom. The Morgan fingerprint density at radius 3 is 2.73 bits per heavy atom. The van der Waals surface area contributed by atoms with Crippen LogP contribution in [-0.2, 0) is 0 Å². The molecule has 5 rings (SSSR count). The molecular weight excluding hydrogens is 376 g/mol. The Labute approximate surface area is 175 Å². The van der Waals surface area contributed by atoms with E-state index < -0.39 is 0 Å². The van der Waals surface area contributed by atoms with Gasteiger partial charge in [-0.1, -0.05) is 12.1 Å². The van der Waals surface area contributed by atoms with Gasteiger partial charge in [0.25, 0.3) is 0 Å². The Bertz CT molecular complexity index is 1170. The molecule has 0 N–H and O–H groups in total. The number of piperazine rings is 1. The van der Waals surface area contributed by atoms with Gasteiger partial charge < -0.3 is 14.7 Å². The number of aliphatic imine (C=N–C) groups is 1. The predicted molar refractivity (Wildman–Crippen MR) is 116 cm³/mol. The van der Waals surface area contributed by atoms with Gasteiger partial charge >= 0.3 is 0 Å². The molecule has 2 aliphatic rings. The molecule has 0 spiro atoms. The molecule has 2 unspecified atom stereocenters. The van der Waals surface area contributed by atoms with E-state index in [1.807, 2.05) is 55.7 Å². The molecule has 0 amide bonds. The maximum atomic E-state index is 9.33. The van der Waals surface area contributed by atoms with Crippen LogP contribution in [0.4, 0.5) is 11.5 Å². The van der Waals surface area contributed by atoms with Crippen molar-refractivity contribution < 1.29 is 0 Å². The molecule has 2 aromatic heterocycles. The molecule has 1 aromatic carbocycles. The predicted octanol–water partition coefficient (Wildman–Crippen LogP) is 2.57. The van der Waals surface area contributed by atoms with Crippen LogP contribution in [0.2, 0.25) is 0 Å². The number of rotatable bonds is 2. The molecule has 2 atom stereocenters. The fraction of sp³-hybridized carbons (Fsp3) is 0.318. The van der Waals surface area contributed by atoms with Gasteiger partial charge in [-0.15, -0.1) is 4.99 Å². The third kappa shape index (κ3) is 2.90. The standard InChI is InChI=1S/C22H22N8/c1-15-19(8-5-9-24-15)30-16(2)20-13-28(10-11-29(20)22(30)26-14-23)21-12-25-17-6-3-4-7-18(17)27-21/h3-9,12,16,20H,10-11,13H2,1-2H3. The number of pyridine rings is 1. The molecular formula is C22H22N8. The average Bonchev–Trinajstić information content (AvgIpc) is 3.05. The van der Waals surface area contributed by atoms with Crippen LogP contribution in [0.3, 0.4) is 0 Å². The Hall–Kier alpha value is -3.73. The Kier molecular flexibility index (Phi) is 4.43. The summed E-state index contributed by atoms with van der Waals surface area (Å²) in [6, 6.07) is 12.2. The number of fused-ring (bicyclic) bond motifs is 2. The first-order chi connectivity index (χ1) is 14.7. The molecule has 0 radical (unpaired) electrons. The van der Waals surface area contributed by atoms with Gasteiger partial charge in [0.05, 0.1) is 40.7 Å². The van der Waals surface area contributed by atoms with Crippen LogP contribution in [0.5, 0.6) is 0 Å². The van der Waals surface area contributed by atoms with Gasteiger partial charge in [0.1, 0.15) is 5.82 Å². The third-order valence-corrected chi connectivity index (χ3v) is 6.00. The van der Waals surface area contributed by atoms with E-state index in [2.05, 4.69) is 36.6 Å². The van der Waals surface area contributed by atoms with Crippen molar-refractivity contribution in [3.63, 3.8) is 0 Å². The molecule has 150 valence electrons. The van der Waals surface area contributed by atoms with Crippen LogP contribution in [0.15, 0.2) is 53.8 Å². The number of hydrogen-bond donors (Lipinski definition) is 0. The van der Waals surface area contributed by atoms with Crippen molar-refractivity contribution in [3.8, 4) is 6.19 Å². The molecule has 4 heterocycles. The lowest BCUT2D eigenvalue weighted by Gasteiger charge is -2.38. The molecule has 30 heavy (non-hydrogen) atoms. The highest BCUT2D eigenvalue weighted by molar-refractivity contribution is 6.00. The van der Waals surface area contributed by atoms with E-state index in [4.69, 9.17) is 4.98 Å². The zero-order chi connectivity index (χ0) is 20.7. The van der Waals surface area contributed by atoms with E-state index in [9.17, 15) is 5.26 Å². The summed E-state index contributed by atoms with van der Waals surface area (Å²) in [4.78, 5) is 24.7. The number of hydrogen-bond acceptors (Lipinski definition) is 6. The minimum absolute atomic E-state index is 0.135. The number of anilines is 2. The minimum atomic E-state index is 0.135. The highest BCUT2D eigenvalue weighted by Gasteiger charge is 2.46. The fourth-order valence-electron chi connectivity index (χ4n) is 4.49. The van der Waals surface area contributed by atoms with Gasteiger partial charge in [-0.05, 0) is 38.1 Å². The highest BCUT2D eigenvalue weighted by atomic mass is 15.5. The second kappa shape index (κ2) is 7.26. The number of nitriles is 1. The second-order valence-corrected chi connectivity index (χ2v) is 7.65. The monoisotopic (exact) mass is 398 g/mol. The summed E-state index contributed by atoms with van der Waals surface area (Å²) in [7, 11) is 0. The summed E-state index contributed by atoms with van der Waals surface area (Å²) in [5, 5.41) is 9.33. The first kappa shape index (κ1) is 18.3. The molecule has 3 aromatic rings. The quantitative estimate of drug-likeness (QED) is 0.613. The zero-order valence-electron chi connectivity index (χ0n) is 17.0. The lowest BCUT2D eigenvalue weighted by Crippen LogP contribution is -2.54. The fourth-order valence-corrected chi connectivity index (χ4v) is 4.49. The van der Waals surface area contributed by atoms with Gasteiger partial charge in [-0.2, -0.15) is 5.26 Å². The van der Waals surface area contributed by atoms with E-state index in [0.717, 1.165) is 47.9 Å². The van der Waals surface area contributed by atoms with Crippen LogP contribution in [-0.4, -0.2) is 57.5 Å². The second-order valence-electron chi connectivity index (χ2n) is 7.65. The molecule has 0 bridgehead atoms. The molecule has 0 aliphatic carbocycles. The van der Waals surface area contributed by atoms with E-state index >= 15 is 0 Å². The molecule has 2 fully saturated rings. The number of nitrogens with zero attached hydrogens (tertiary/aromatic N) is 8. The van der Waals surface area contributed by atoms with Crippen LogP contribution < -0.4 is 9.80 Å². The topological polar surface area (TPSA) is 84.5 Å². The van der Waals surface area contributed by atoms with Gasteiger partial charge in [0.2, 0.25) is 12.2 Å². The minimum Gasteiger partial charge on any atom is -0.351 e. The Morgan fingerprint density at radius 1 is 1.10 bits per heavy atom. The molecule has 8 nitrogen and oxygen atoms in total. The zero-order valence-corrected chi connectivity index (χ0v) is 17.0. The van der Waals surface area contributed by atoms with Crippen molar-refractivity contribution in [2.75, 3.05) is 29.4 Å². The van der Waals surface area contributed by atoms with Crippen LogP contribution >= 0.6 is 0 Å². The maximum Gasteiger partial charge on any atom is 0.217 e. The summed E-state index contributed by atoms with van der Waals surface area (Å²) in [6.07, 6.45) is 5.63. The number of para-hydroxylation sites is 2. The maximum absolute atomic E-state index is 9.33. The third-order valence-electron chi connectivity index (χ3n) is 6.00. The van der Waals surface area contributed by atoms with Gasteiger partial charge in [-0.25, -0.2) is 4.98 Å². The summed E-state index contributed by atoms with van der Waals surface area (Å²) in [6.45, 7) is 6.51. The highest BCUT2D eigenvalue weighted by Crippen LogP contribution is 2.33. The summed E-state index contributed by atoms with van der Waals surface area (Å²) in [5.74, 6) is 1.59. The van der Waals surface area contributed by atoms with E-state index in [-0.39, 0.29) is 12.1 Å². The van der Waals surface area contributed by atoms with E-state index in [1.54, 1.807) is 6.20 Å². The average molecular weight is 398 g/mol. The number of aryl methyl sites for hydroxylation is 1. The van der Waals surface area contributed by atoms with Crippen molar-refractivity contribution >= 4 is 28.5 Å². The van der Waals surface area contributed by atoms with Crippen molar-refractivity contribution in [2.24, 2.45) is 4.99 Å². The van der Waals surface area contributed by atoms with Crippen molar-refractivity contribution in [3.05, 3.63) is 54.5 Å². The smallest absolute Gasteiger partial charge is 0.217 e. The van der Waals surface area contributed by atoms with Crippen molar-refractivity contribution in [1.29, 1.82) is 5.26 Å². The van der Waals surface area contributed by atoms with E-state index in [0.29, 0.717) is 5.96 Å². The normalized spacial score (nSPS) is 22.4.